The highest BCUT2D eigenvalue weighted by atomic mass is 19.1. The van der Waals surface area contributed by atoms with Crippen LogP contribution in [0.15, 0.2) is 18.2 Å². The summed E-state index contributed by atoms with van der Waals surface area (Å²) in [7, 11) is 0. The summed E-state index contributed by atoms with van der Waals surface area (Å²) in [5.41, 5.74) is 5.63. The van der Waals surface area contributed by atoms with E-state index in [4.69, 9.17) is 5.73 Å². The second-order valence-corrected chi connectivity index (χ2v) is 4.63. The van der Waals surface area contributed by atoms with Crippen LogP contribution in [0.3, 0.4) is 0 Å². The molecule has 0 saturated heterocycles. The summed E-state index contributed by atoms with van der Waals surface area (Å²) in [6.07, 6.45) is 3.51. The molecule has 1 aliphatic carbocycles. The maximum absolute atomic E-state index is 12.8. The van der Waals surface area contributed by atoms with Gasteiger partial charge >= 0.3 is 0 Å². The first-order valence-corrected chi connectivity index (χ1v) is 5.76. The van der Waals surface area contributed by atoms with Gasteiger partial charge in [-0.15, -0.1) is 0 Å². The lowest BCUT2D eigenvalue weighted by Crippen LogP contribution is -2.40. The Kier molecular flexibility index (Phi) is 3.38. The van der Waals surface area contributed by atoms with E-state index in [1.54, 1.807) is 6.07 Å². The molecule has 1 aliphatic rings. The van der Waals surface area contributed by atoms with Crippen LogP contribution in [0.25, 0.3) is 0 Å². The van der Waals surface area contributed by atoms with E-state index in [1.807, 2.05) is 0 Å². The number of amides is 1. The number of carbonyl (C=O) groups is 1. The van der Waals surface area contributed by atoms with Crippen molar-refractivity contribution in [1.29, 1.82) is 0 Å². The van der Waals surface area contributed by atoms with Crippen molar-refractivity contribution in [3.63, 3.8) is 0 Å². The molecule has 1 heterocycles. The molecule has 1 aromatic heterocycles. The fourth-order valence-electron chi connectivity index (χ4n) is 2.14. The molecule has 3 N–H and O–H groups in total. The molecular weight excluding hydrogens is 221 g/mol. The minimum absolute atomic E-state index is 0.0442. The SMILES string of the molecule is NCC1(CC(=O)Nc2cccc(F)n2)CCC1. The van der Waals surface area contributed by atoms with E-state index >= 15 is 0 Å². The van der Waals surface area contributed by atoms with Crippen LogP contribution in [-0.2, 0) is 4.79 Å². The van der Waals surface area contributed by atoms with Gasteiger partial charge in [-0.25, -0.2) is 4.98 Å². The molecule has 0 radical (unpaired) electrons. The highest BCUT2D eigenvalue weighted by molar-refractivity contribution is 5.90. The quantitative estimate of drug-likeness (QED) is 0.783. The standard InChI is InChI=1S/C12H16FN3O/c13-9-3-1-4-10(15-9)16-11(17)7-12(8-14)5-2-6-12/h1,3-4H,2,5-8,14H2,(H,15,16,17). The van der Waals surface area contributed by atoms with Crippen molar-refractivity contribution >= 4 is 11.7 Å². The summed E-state index contributed by atoms with van der Waals surface area (Å²) in [6, 6.07) is 4.32. The highest BCUT2D eigenvalue weighted by Gasteiger charge is 2.37. The second kappa shape index (κ2) is 4.79. The van der Waals surface area contributed by atoms with Crippen LogP contribution in [-0.4, -0.2) is 17.4 Å². The van der Waals surface area contributed by atoms with Crippen molar-refractivity contribution in [2.45, 2.75) is 25.7 Å². The van der Waals surface area contributed by atoms with Gasteiger partial charge in [-0.2, -0.15) is 4.39 Å². The molecular formula is C12H16FN3O. The topological polar surface area (TPSA) is 68.0 Å². The highest BCUT2D eigenvalue weighted by Crippen LogP contribution is 2.42. The average molecular weight is 237 g/mol. The Labute approximate surface area is 99.4 Å². The van der Waals surface area contributed by atoms with Crippen LogP contribution in [0.1, 0.15) is 25.7 Å². The van der Waals surface area contributed by atoms with E-state index in [0.29, 0.717) is 13.0 Å². The molecule has 0 aliphatic heterocycles. The molecule has 5 heteroatoms. The number of pyridine rings is 1. The Morgan fingerprint density at radius 2 is 2.29 bits per heavy atom. The Morgan fingerprint density at radius 1 is 1.53 bits per heavy atom. The molecule has 0 spiro atoms. The van der Waals surface area contributed by atoms with Gasteiger partial charge in [-0.3, -0.25) is 4.79 Å². The van der Waals surface area contributed by atoms with E-state index in [2.05, 4.69) is 10.3 Å². The van der Waals surface area contributed by atoms with Crippen LogP contribution < -0.4 is 11.1 Å². The number of halogens is 1. The molecule has 1 saturated carbocycles. The summed E-state index contributed by atoms with van der Waals surface area (Å²) < 4.78 is 12.8. The molecule has 2 rings (SSSR count). The van der Waals surface area contributed by atoms with Crippen molar-refractivity contribution in [3.8, 4) is 0 Å². The number of rotatable bonds is 4. The number of aromatic nitrogens is 1. The van der Waals surface area contributed by atoms with Crippen molar-refractivity contribution in [2.24, 2.45) is 11.1 Å². The molecule has 0 bridgehead atoms. The van der Waals surface area contributed by atoms with Gasteiger partial charge in [0.2, 0.25) is 11.9 Å². The van der Waals surface area contributed by atoms with E-state index < -0.39 is 5.95 Å². The molecule has 0 unspecified atom stereocenters. The van der Waals surface area contributed by atoms with Gasteiger partial charge in [-0.05, 0) is 36.9 Å². The summed E-state index contributed by atoms with van der Waals surface area (Å²) >= 11 is 0. The molecule has 1 fully saturated rings. The number of hydrogen-bond acceptors (Lipinski definition) is 3. The second-order valence-electron chi connectivity index (χ2n) is 4.63. The Balaban J connectivity index is 1.93. The summed E-state index contributed by atoms with van der Waals surface area (Å²) in [6.45, 7) is 0.525. The minimum atomic E-state index is -0.597. The number of nitrogens with two attached hydrogens (primary N) is 1. The Hall–Kier alpha value is -1.49. The molecule has 0 atom stereocenters. The van der Waals surface area contributed by atoms with Crippen molar-refractivity contribution in [3.05, 3.63) is 24.1 Å². The lowest BCUT2D eigenvalue weighted by molar-refractivity contribution is -0.119. The fraction of sp³-hybridized carbons (Fsp3) is 0.500. The normalized spacial score (nSPS) is 17.3. The van der Waals surface area contributed by atoms with Crippen molar-refractivity contribution in [1.82, 2.24) is 4.98 Å². The third-order valence-corrected chi connectivity index (χ3v) is 3.37. The van der Waals surface area contributed by atoms with Crippen LogP contribution in [0, 0.1) is 11.4 Å². The lowest BCUT2D eigenvalue weighted by Gasteiger charge is -2.40. The van der Waals surface area contributed by atoms with Gasteiger partial charge < -0.3 is 11.1 Å². The first kappa shape index (κ1) is 12.0. The van der Waals surface area contributed by atoms with E-state index in [1.165, 1.54) is 12.1 Å². The first-order valence-electron chi connectivity index (χ1n) is 5.76. The van der Waals surface area contributed by atoms with Gasteiger partial charge in [-0.1, -0.05) is 12.5 Å². The van der Waals surface area contributed by atoms with Crippen molar-refractivity contribution < 1.29 is 9.18 Å². The van der Waals surface area contributed by atoms with Gasteiger partial charge in [0.05, 0.1) is 0 Å². The predicted molar refractivity (Wildman–Crippen MR) is 62.8 cm³/mol. The predicted octanol–water partition coefficient (Wildman–Crippen LogP) is 1.68. The van der Waals surface area contributed by atoms with Gasteiger partial charge in [0.25, 0.3) is 0 Å². The fourth-order valence-corrected chi connectivity index (χ4v) is 2.14. The molecule has 0 aromatic carbocycles. The van der Waals surface area contributed by atoms with Crippen LogP contribution in [0.4, 0.5) is 10.2 Å². The summed E-state index contributed by atoms with van der Waals surface area (Å²) in [5, 5.41) is 2.60. The van der Waals surface area contributed by atoms with Crippen LogP contribution in [0.5, 0.6) is 0 Å². The monoisotopic (exact) mass is 237 g/mol. The summed E-state index contributed by atoms with van der Waals surface area (Å²) in [4.78, 5) is 15.3. The molecule has 92 valence electrons. The van der Waals surface area contributed by atoms with E-state index in [0.717, 1.165) is 19.3 Å². The zero-order valence-electron chi connectivity index (χ0n) is 9.58. The van der Waals surface area contributed by atoms with Gasteiger partial charge in [0.15, 0.2) is 0 Å². The minimum Gasteiger partial charge on any atom is -0.330 e. The van der Waals surface area contributed by atoms with Crippen LogP contribution >= 0.6 is 0 Å². The lowest BCUT2D eigenvalue weighted by atomic mass is 9.66. The zero-order chi connectivity index (χ0) is 12.3. The third-order valence-electron chi connectivity index (χ3n) is 3.37. The molecule has 1 amide bonds. The molecule has 4 nitrogen and oxygen atoms in total. The third kappa shape index (κ3) is 2.79. The first-order chi connectivity index (χ1) is 8.13. The number of hydrogen-bond donors (Lipinski definition) is 2. The maximum Gasteiger partial charge on any atom is 0.226 e. The van der Waals surface area contributed by atoms with Gasteiger partial charge in [0, 0.05) is 6.42 Å². The van der Waals surface area contributed by atoms with Gasteiger partial charge in [0.1, 0.15) is 5.82 Å². The summed E-state index contributed by atoms with van der Waals surface area (Å²) in [5.74, 6) is -0.491. The van der Waals surface area contributed by atoms with Crippen LogP contribution in [0.2, 0.25) is 0 Å². The largest absolute Gasteiger partial charge is 0.330 e. The maximum atomic E-state index is 12.8. The molecule has 17 heavy (non-hydrogen) atoms. The number of nitrogens with one attached hydrogen (secondary N) is 1. The Morgan fingerprint density at radius 3 is 2.82 bits per heavy atom. The zero-order valence-corrected chi connectivity index (χ0v) is 9.58. The number of anilines is 1. The van der Waals surface area contributed by atoms with Crippen molar-refractivity contribution in [2.75, 3.05) is 11.9 Å². The van der Waals surface area contributed by atoms with E-state index in [-0.39, 0.29) is 17.1 Å². The molecule has 1 aromatic rings. The smallest absolute Gasteiger partial charge is 0.226 e. The average Bonchev–Trinajstić information content (AvgIpc) is 2.23. The van der Waals surface area contributed by atoms with E-state index in [9.17, 15) is 9.18 Å². The number of carbonyl (C=O) groups excluding carboxylic acids is 1. The Bertz CT molecular complexity index is 412. The number of nitrogens with zero attached hydrogens (tertiary/aromatic N) is 1.